The molecule has 0 radical (unpaired) electrons. The predicted octanol–water partition coefficient (Wildman–Crippen LogP) is 3.60. The molecular weight excluding hydrogens is 414 g/mol. The summed E-state index contributed by atoms with van der Waals surface area (Å²) in [5, 5.41) is 2.93. The van der Waals surface area contributed by atoms with Gasteiger partial charge in [-0.25, -0.2) is 0 Å². The van der Waals surface area contributed by atoms with Gasteiger partial charge in [-0.3, -0.25) is 14.5 Å². The number of carbonyl (C=O) groups excluding carboxylic acids is 2. The van der Waals surface area contributed by atoms with Crippen molar-refractivity contribution in [1.29, 1.82) is 0 Å². The van der Waals surface area contributed by atoms with Crippen molar-refractivity contribution in [2.45, 2.75) is 45.2 Å². The fourth-order valence-corrected chi connectivity index (χ4v) is 4.92. The second-order valence-corrected chi connectivity index (χ2v) is 9.35. The van der Waals surface area contributed by atoms with Crippen LogP contribution in [0.25, 0.3) is 11.1 Å². The lowest BCUT2D eigenvalue weighted by atomic mass is 9.93. The van der Waals surface area contributed by atoms with Crippen molar-refractivity contribution in [1.82, 2.24) is 15.1 Å². The first-order valence-electron chi connectivity index (χ1n) is 12.0. The zero-order chi connectivity index (χ0) is 23.4. The molecule has 6 heteroatoms. The van der Waals surface area contributed by atoms with Crippen molar-refractivity contribution in [3.8, 4) is 11.1 Å². The first-order chi connectivity index (χ1) is 16.0. The largest absolute Gasteiger partial charge is 0.383 e. The van der Waals surface area contributed by atoms with Gasteiger partial charge in [-0.15, -0.1) is 0 Å². The van der Waals surface area contributed by atoms with E-state index in [0.29, 0.717) is 18.2 Å². The molecule has 2 aliphatic rings. The highest BCUT2D eigenvalue weighted by atomic mass is 16.5. The van der Waals surface area contributed by atoms with E-state index < -0.39 is 0 Å². The molecule has 1 N–H and O–H groups in total. The minimum absolute atomic E-state index is 0.0429. The summed E-state index contributed by atoms with van der Waals surface area (Å²) in [5.74, 6) is 0.0393. The van der Waals surface area contributed by atoms with E-state index in [1.165, 1.54) is 12.8 Å². The van der Waals surface area contributed by atoms with Gasteiger partial charge in [0.1, 0.15) is 0 Å². The number of hydrogen-bond acceptors (Lipinski definition) is 4. The zero-order valence-corrected chi connectivity index (χ0v) is 20.0. The van der Waals surface area contributed by atoms with Gasteiger partial charge in [0.2, 0.25) is 0 Å². The van der Waals surface area contributed by atoms with Crippen molar-refractivity contribution in [3.05, 3.63) is 59.2 Å². The van der Waals surface area contributed by atoms with Crippen LogP contribution in [0, 0.1) is 0 Å². The molecule has 6 nitrogen and oxygen atoms in total. The summed E-state index contributed by atoms with van der Waals surface area (Å²) in [6, 6.07) is 14.3. The van der Waals surface area contributed by atoms with E-state index in [1.54, 1.807) is 7.11 Å². The van der Waals surface area contributed by atoms with Gasteiger partial charge >= 0.3 is 0 Å². The summed E-state index contributed by atoms with van der Waals surface area (Å²) in [4.78, 5) is 29.9. The Labute approximate surface area is 196 Å². The molecule has 4 rings (SSSR count). The molecule has 0 aliphatic carbocycles. The summed E-state index contributed by atoms with van der Waals surface area (Å²) in [7, 11) is 1.62. The van der Waals surface area contributed by atoms with Crippen molar-refractivity contribution in [3.63, 3.8) is 0 Å². The Kier molecular flexibility index (Phi) is 7.46. The number of nitrogens with one attached hydrogen (secondary N) is 1. The average Bonchev–Trinajstić information content (AvgIpc) is 3.23. The topological polar surface area (TPSA) is 61.9 Å². The van der Waals surface area contributed by atoms with Crippen LogP contribution < -0.4 is 5.32 Å². The highest BCUT2D eigenvalue weighted by molar-refractivity contribution is 5.97. The van der Waals surface area contributed by atoms with E-state index >= 15 is 0 Å². The van der Waals surface area contributed by atoms with Gasteiger partial charge in [0.05, 0.1) is 6.61 Å². The molecule has 0 saturated carbocycles. The van der Waals surface area contributed by atoms with Crippen LogP contribution in [0.15, 0.2) is 42.5 Å². The average molecular weight is 450 g/mol. The number of amides is 2. The van der Waals surface area contributed by atoms with Gasteiger partial charge in [0.15, 0.2) is 0 Å². The minimum Gasteiger partial charge on any atom is -0.383 e. The summed E-state index contributed by atoms with van der Waals surface area (Å²) < 4.78 is 5.07. The molecule has 176 valence electrons. The number of nitrogens with zero attached hydrogens (tertiary/aromatic N) is 2. The third-order valence-electron chi connectivity index (χ3n) is 6.90. The third kappa shape index (κ3) is 5.45. The summed E-state index contributed by atoms with van der Waals surface area (Å²) in [6.07, 6.45) is 3.40. The molecule has 33 heavy (non-hydrogen) atoms. The van der Waals surface area contributed by atoms with Crippen molar-refractivity contribution in [2.24, 2.45) is 0 Å². The second-order valence-electron chi connectivity index (χ2n) is 9.35. The molecular formula is C27H35N3O3. The summed E-state index contributed by atoms with van der Waals surface area (Å²) in [6.45, 7) is 8.36. The van der Waals surface area contributed by atoms with Crippen LogP contribution in [0.2, 0.25) is 0 Å². The van der Waals surface area contributed by atoms with Gasteiger partial charge in [-0.1, -0.05) is 24.3 Å². The highest BCUT2D eigenvalue weighted by Gasteiger charge is 2.26. The van der Waals surface area contributed by atoms with Crippen LogP contribution in [0.1, 0.15) is 53.0 Å². The van der Waals surface area contributed by atoms with Crippen molar-refractivity contribution in [2.75, 3.05) is 39.9 Å². The van der Waals surface area contributed by atoms with Crippen LogP contribution in [0.3, 0.4) is 0 Å². The van der Waals surface area contributed by atoms with Gasteiger partial charge in [-0.2, -0.15) is 0 Å². The quantitative estimate of drug-likeness (QED) is 0.669. The number of rotatable bonds is 8. The summed E-state index contributed by atoms with van der Waals surface area (Å²) >= 11 is 0. The van der Waals surface area contributed by atoms with Crippen molar-refractivity contribution < 1.29 is 14.3 Å². The van der Waals surface area contributed by atoms with Gasteiger partial charge < -0.3 is 15.0 Å². The molecule has 2 atom stereocenters. The molecule has 2 amide bonds. The maximum absolute atomic E-state index is 13.1. The van der Waals surface area contributed by atoms with E-state index in [2.05, 4.69) is 23.2 Å². The lowest BCUT2D eigenvalue weighted by Gasteiger charge is -2.31. The SMILES string of the molecule is COCC(C)NC(=O)c1ccc(-c2ccc3c(c2)CCN(CCN2CCCC2C)C3=O)cc1. The number of hydrogen-bond donors (Lipinski definition) is 1. The Hall–Kier alpha value is -2.70. The molecule has 1 fully saturated rings. The van der Waals surface area contributed by atoms with E-state index in [-0.39, 0.29) is 17.9 Å². The van der Waals surface area contributed by atoms with E-state index in [4.69, 9.17) is 4.74 Å². The van der Waals surface area contributed by atoms with E-state index in [1.807, 2.05) is 48.2 Å². The maximum Gasteiger partial charge on any atom is 0.254 e. The van der Waals surface area contributed by atoms with E-state index in [9.17, 15) is 9.59 Å². The number of fused-ring (bicyclic) bond motifs is 1. The normalized spacial score (nSPS) is 19.4. The first-order valence-corrected chi connectivity index (χ1v) is 12.0. The fourth-order valence-electron chi connectivity index (χ4n) is 4.92. The van der Waals surface area contributed by atoms with Crippen LogP contribution in [0.4, 0.5) is 0 Å². The van der Waals surface area contributed by atoms with Crippen LogP contribution in [-0.2, 0) is 11.2 Å². The fraction of sp³-hybridized carbons (Fsp3) is 0.481. The Balaban J connectivity index is 1.40. The molecule has 0 spiro atoms. The smallest absolute Gasteiger partial charge is 0.254 e. The minimum atomic E-state index is -0.106. The number of carbonyl (C=O) groups is 2. The molecule has 2 heterocycles. The Bertz CT molecular complexity index is 989. The molecule has 0 aromatic heterocycles. The number of methoxy groups -OCH3 is 1. The van der Waals surface area contributed by atoms with Crippen molar-refractivity contribution >= 4 is 11.8 Å². The number of ether oxygens (including phenoxy) is 1. The lowest BCUT2D eigenvalue weighted by molar-refractivity contribution is 0.0716. The Morgan fingerprint density at radius 2 is 1.88 bits per heavy atom. The molecule has 2 aromatic carbocycles. The predicted molar refractivity (Wildman–Crippen MR) is 131 cm³/mol. The Morgan fingerprint density at radius 1 is 1.12 bits per heavy atom. The van der Waals surface area contributed by atoms with Crippen LogP contribution in [-0.4, -0.2) is 73.6 Å². The zero-order valence-electron chi connectivity index (χ0n) is 20.0. The number of benzene rings is 2. The number of likely N-dealkylation sites (tertiary alicyclic amines) is 1. The highest BCUT2D eigenvalue weighted by Crippen LogP contribution is 2.27. The summed E-state index contributed by atoms with van der Waals surface area (Å²) in [5.41, 5.74) is 4.66. The van der Waals surface area contributed by atoms with Crippen LogP contribution in [0.5, 0.6) is 0 Å². The molecule has 0 bridgehead atoms. The molecule has 1 saturated heterocycles. The first kappa shape index (κ1) is 23.5. The third-order valence-corrected chi connectivity index (χ3v) is 6.90. The lowest BCUT2D eigenvalue weighted by Crippen LogP contribution is -2.43. The molecule has 2 aromatic rings. The second kappa shape index (κ2) is 10.5. The standard InChI is InChI=1S/C27H35N3O3/c1-19(18-33-3)28-26(31)22-8-6-21(7-9-22)23-10-11-25-24(17-23)12-14-30(27(25)32)16-15-29-13-4-5-20(29)2/h6-11,17,19-20H,4-5,12-16,18H2,1-3H3,(H,28,31). The molecule has 2 unspecified atom stereocenters. The monoisotopic (exact) mass is 449 g/mol. The maximum atomic E-state index is 13.1. The van der Waals surface area contributed by atoms with Crippen LogP contribution >= 0.6 is 0 Å². The van der Waals surface area contributed by atoms with Gasteiger partial charge in [-0.05, 0) is 74.5 Å². The Morgan fingerprint density at radius 3 is 2.58 bits per heavy atom. The van der Waals surface area contributed by atoms with Gasteiger partial charge in [0.25, 0.3) is 11.8 Å². The molecule has 2 aliphatic heterocycles. The van der Waals surface area contributed by atoms with E-state index in [0.717, 1.165) is 54.9 Å². The van der Waals surface area contributed by atoms with Gasteiger partial charge in [0, 0.05) is 50.0 Å².